The molecule has 468 valence electrons. The number of phosphoric acid groups is 1. The molecule has 0 aromatic rings. The number of hydrogen-bond donors (Lipinski definition) is 2. The summed E-state index contributed by atoms with van der Waals surface area (Å²) in [5.41, 5.74) is 5.39. The van der Waals surface area contributed by atoms with Crippen LogP contribution < -0.4 is 5.73 Å². The van der Waals surface area contributed by atoms with E-state index in [1.165, 1.54) is 167 Å². The molecule has 0 radical (unpaired) electrons. The largest absolute Gasteiger partial charge is 0.472 e. The Bertz CT molecular complexity index is 1650. The van der Waals surface area contributed by atoms with E-state index in [1.807, 2.05) is 0 Å². The SMILES string of the molecule is CC/C=C\C/C=C\C/C=C\C/C=C\CCCCCCCCCCCCCCCCCCCCCCCCCCCCCCC(=O)OC(COC(=O)CCCCCCCC/C=C\C/C=C\C/C=C\C/C=C\CC)COP(=O)(O)OCCN. The fourth-order valence-corrected chi connectivity index (χ4v) is 10.3. The summed E-state index contributed by atoms with van der Waals surface area (Å²) in [7, 11) is -4.40. The second-order valence-corrected chi connectivity index (χ2v) is 23.7. The molecule has 0 aliphatic rings. The van der Waals surface area contributed by atoms with Gasteiger partial charge in [0, 0.05) is 19.4 Å². The lowest BCUT2D eigenvalue weighted by Crippen LogP contribution is -2.29. The summed E-state index contributed by atoms with van der Waals surface area (Å²) in [6, 6.07) is 0. The zero-order valence-electron chi connectivity index (χ0n) is 52.5. The van der Waals surface area contributed by atoms with Crippen molar-refractivity contribution in [2.45, 2.75) is 315 Å². The van der Waals surface area contributed by atoms with E-state index >= 15 is 0 Å². The van der Waals surface area contributed by atoms with Crippen LogP contribution in [0.4, 0.5) is 0 Å². The lowest BCUT2D eigenvalue weighted by atomic mass is 10.0. The summed E-state index contributed by atoms with van der Waals surface area (Å²) in [6.45, 7) is 3.53. The van der Waals surface area contributed by atoms with E-state index < -0.39 is 32.5 Å². The summed E-state index contributed by atoms with van der Waals surface area (Å²) in [5, 5.41) is 0. The maximum Gasteiger partial charge on any atom is 0.472 e. The van der Waals surface area contributed by atoms with Gasteiger partial charge in [0.2, 0.25) is 0 Å². The Labute approximate surface area is 499 Å². The first kappa shape index (κ1) is 77.9. The molecule has 2 atom stereocenters. The van der Waals surface area contributed by atoms with Gasteiger partial charge in [-0.2, -0.15) is 0 Å². The van der Waals surface area contributed by atoms with Crippen molar-refractivity contribution in [1.29, 1.82) is 0 Å². The van der Waals surface area contributed by atoms with Crippen molar-refractivity contribution >= 4 is 19.8 Å². The van der Waals surface area contributed by atoms with Gasteiger partial charge in [-0.15, -0.1) is 0 Å². The molecule has 0 aromatic carbocycles. The third-order valence-corrected chi connectivity index (χ3v) is 15.4. The zero-order chi connectivity index (χ0) is 58.7. The van der Waals surface area contributed by atoms with Crippen LogP contribution in [0.3, 0.4) is 0 Å². The van der Waals surface area contributed by atoms with E-state index in [0.717, 1.165) is 103 Å². The first-order valence-corrected chi connectivity index (χ1v) is 35.2. The van der Waals surface area contributed by atoms with Crippen LogP contribution in [0, 0.1) is 0 Å². The molecule has 0 heterocycles. The van der Waals surface area contributed by atoms with Crippen molar-refractivity contribution in [1.82, 2.24) is 0 Å². The predicted octanol–water partition coefficient (Wildman–Crippen LogP) is 22.0. The van der Waals surface area contributed by atoms with Gasteiger partial charge in [0.05, 0.1) is 13.2 Å². The van der Waals surface area contributed by atoms with Crippen molar-refractivity contribution in [2.75, 3.05) is 26.4 Å². The normalized spacial score (nSPS) is 13.6. The van der Waals surface area contributed by atoms with Crippen molar-refractivity contribution in [3.8, 4) is 0 Å². The Morgan fingerprint density at radius 3 is 0.951 bits per heavy atom. The van der Waals surface area contributed by atoms with Crippen LogP contribution in [0.15, 0.2) is 97.2 Å². The lowest BCUT2D eigenvalue weighted by Gasteiger charge is -2.19. The first-order valence-electron chi connectivity index (χ1n) is 33.7. The van der Waals surface area contributed by atoms with E-state index in [4.69, 9.17) is 24.3 Å². The quantitative estimate of drug-likeness (QED) is 0.0264. The van der Waals surface area contributed by atoms with Gasteiger partial charge >= 0.3 is 19.8 Å². The van der Waals surface area contributed by atoms with Crippen LogP contribution in [-0.2, 0) is 32.7 Å². The van der Waals surface area contributed by atoms with Crippen LogP contribution in [0.1, 0.15) is 309 Å². The highest BCUT2D eigenvalue weighted by Crippen LogP contribution is 2.43. The van der Waals surface area contributed by atoms with E-state index in [2.05, 4.69) is 111 Å². The molecule has 3 N–H and O–H groups in total. The Hall–Kier alpha value is -3.07. The number of nitrogens with two attached hydrogens (primary N) is 1. The Kier molecular flexibility index (Phi) is 63.6. The van der Waals surface area contributed by atoms with Crippen LogP contribution >= 0.6 is 7.82 Å². The summed E-state index contributed by atoms with van der Waals surface area (Å²) in [6.07, 6.45) is 89.4. The Morgan fingerprint density at radius 2 is 0.642 bits per heavy atom. The molecule has 10 heteroatoms. The number of allylic oxidation sites excluding steroid dienone is 16. The van der Waals surface area contributed by atoms with Crippen LogP contribution in [0.25, 0.3) is 0 Å². The molecule has 0 aromatic heterocycles. The fourth-order valence-electron chi connectivity index (χ4n) is 9.56. The summed E-state index contributed by atoms with van der Waals surface area (Å²) in [5.74, 6) is -0.836. The van der Waals surface area contributed by atoms with Gasteiger partial charge in [-0.05, 0) is 89.9 Å². The van der Waals surface area contributed by atoms with Gasteiger partial charge in [-0.3, -0.25) is 18.6 Å². The van der Waals surface area contributed by atoms with E-state index in [0.29, 0.717) is 12.8 Å². The average molecular weight is 1150 g/mol. The fraction of sp³-hybridized carbons (Fsp3) is 0.746. The highest BCUT2D eigenvalue weighted by atomic mass is 31.2. The zero-order valence-corrected chi connectivity index (χ0v) is 53.4. The molecule has 0 saturated heterocycles. The third kappa shape index (κ3) is 65.9. The minimum atomic E-state index is -4.40. The number of carbonyl (C=O) groups excluding carboxylic acids is 2. The summed E-state index contributed by atoms with van der Waals surface area (Å²) >= 11 is 0. The van der Waals surface area contributed by atoms with Crippen molar-refractivity contribution < 1.29 is 37.6 Å². The number of esters is 2. The third-order valence-electron chi connectivity index (χ3n) is 14.5. The lowest BCUT2D eigenvalue weighted by molar-refractivity contribution is -0.161. The number of hydrogen-bond acceptors (Lipinski definition) is 8. The minimum absolute atomic E-state index is 0.0494. The molecule has 0 saturated carbocycles. The highest BCUT2D eigenvalue weighted by molar-refractivity contribution is 7.47. The molecular weight excluding hydrogens is 1030 g/mol. The van der Waals surface area contributed by atoms with Crippen LogP contribution in [-0.4, -0.2) is 49.3 Å². The molecule has 0 spiro atoms. The van der Waals surface area contributed by atoms with Gasteiger partial charge in [0.1, 0.15) is 6.61 Å². The molecule has 0 aliphatic heterocycles. The standard InChI is InChI=1S/C71H126NO8P/c1-3-5-7-9-11-13-15-17-19-21-23-24-25-26-27-28-29-30-31-32-33-34-35-36-37-38-39-40-41-42-43-44-46-48-50-52-54-56-58-60-62-64-71(74)80-69(68-79-81(75,76)78-66-65-72)67-77-70(73)63-61-59-57-55-53-51-49-47-45-22-20-18-16-14-12-10-8-6-4-2/h5-8,11-14,17-20,23-24,45,47,69H,3-4,9-10,15-16,21-22,25-44,46,48-68,72H2,1-2H3,(H,75,76)/b7-5-,8-6-,13-11-,14-12-,19-17-,20-18-,24-23-,47-45-. The van der Waals surface area contributed by atoms with Crippen LogP contribution in [0.2, 0.25) is 0 Å². The van der Waals surface area contributed by atoms with Crippen molar-refractivity contribution in [3.05, 3.63) is 97.2 Å². The number of phosphoric ester groups is 1. The van der Waals surface area contributed by atoms with E-state index in [1.54, 1.807) is 0 Å². The number of carbonyl (C=O) groups is 2. The van der Waals surface area contributed by atoms with E-state index in [-0.39, 0.29) is 32.6 Å². The predicted molar refractivity (Wildman–Crippen MR) is 348 cm³/mol. The number of rotatable bonds is 63. The molecule has 81 heavy (non-hydrogen) atoms. The highest BCUT2D eigenvalue weighted by Gasteiger charge is 2.26. The molecule has 0 fully saturated rings. The van der Waals surface area contributed by atoms with Gasteiger partial charge < -0.3 is 20.1 Å². The van der Waals surface area contributed by atoms with Gasteiger partial charge in [0.15, 0.2) is 6.10 Å². The van der Waals surface area contributed by atoms with Gasteiger partial charge in [-0.25, -0.2) is 4.57 Å². The Balaban J connectivity index is 3.78. The molecule has 2 unspecified atom stereocenters. The second-order valence-electron chi connectivity index (χ2n) is 22.3. The van der Waals surface area contributed by atoms with Gasteiger partial charge in [-0.1, -0.05) is 304 Å². The number of ether oxygens (including phenoxy) is 2. The average Bonchev–Trinajstić information content (AvgIpc) is 3.46. The van der Waals surface area contributed by atoms with Crippen molar-refractivity contribution in [2.24, 2.45) is 5.73 Å². The maximum absolute atomic E-state index is 12.7. The van der Waals surface area contributed by atoms with Gasteiger partial charge in [0.25, 0.3) is 0 Å². The summed E-state index contributed by atoms with van der Waals surface area (Å²) in [4.78, 5) is 35.3. The second kappa shape index (κ2) is 66.1. The van der Waals surface area contributed by atoms with Crippen LogP contribution in [0.5, 0.6) is 0 Å². The van der Waals surface area contributed by atoms with E-state index in [9.17, 15) is 19.0 Å². The number of unbranched alkanes of at least 4 members (excludes halogenated alkanes) is 34. The first-order chi connectivity index (χ1) is 39.8. The topological polar surface area (TPSA) is 134 Å². The minimum Gasteiger partial charge on any atom is -0.462 e. The van der Waals surface area contributed by atoms with Crippen molar-refractivity contribution in [3.63, 3.8) is 0 Å². The molecule has 0 aliphatic carbocycles. The maximum atomic E-state index is 12.7. The molecular formula is C71H126NO8P. The Morgan fingerprint density at radius 1 is 0.370 bits per heavy atom. The monoisotopic (exact) mass is 1150 g/mol. The molecule has 0 amide bonds. The summed E-state index contributed by atoms with van der Waals surface area (Å²) < 4.78 is 33.1. The molecule has 0 bridgehead atoms. The molecule has 0 rings (SSSR count). The smallest absolute Gasteiger partial charge is 0.462 e. The molecule has 9 nitrogen and oxygen atoms in total.